The standard InChI is InChI=1S/C22H22N2O3S/c1-13-3-8-17(11-14(13)2)24-20(25)12-19(22(24)27)28-18-9-6-16(7-10-18)23-21(26)15-4-5-15/h3,6-11,15,19H,4-5,12H2,1-2H3,(H,23,26)/t19-/m1/s1. The second kappa shape index (κ2) is 7.43. The van der Waals surface area contributed by atoms with E-state index in [2.05, 4.69) is 5.32 Å². The van der Waals surface area contributed by atoms with Gasteiger partial charge in [-0.05, 0) is 74.2 Å². The number of hydrogen-bond acceptors (Lipinski definition) is 4. The average Bonchev–Trinajstić information content (AvgIpc) is 3.47. The van der Waals surface area contributed by atoms with Gasteiger partial charge in [0.15, 0.2) is 0 Å². The maximum Gasteiger partial charge on any atom is 0.247 e. The van der Waals surface area contributed by atoms with Crippen LogP contribution in [0.15, 0.2) is 47.4 Å². The third-order valence-corrected chi connectivity index (χ3v) is 6.40. The first-order chi connectivity index (χ1) is 13.4. The highest BCUT2D eigenvalue weighted by molar-refractivity contribution is 8.00. The SMILES string of the molecule is Cc1ccc(N2C(=O)C[C@@H](Sc3ccc(NC(=O)C4CC4)cc3)C2=O)cc1C. The molecule has 3 amide bonds. The number of carbonyl (C=O) groups is 3. The quantitative estimate of drug-likeness (QED) is 0.776. The molecule has 0 aromatic heterocycles. The molecule has 2 aromatic rings. The molecule has 1 saturated heterocycles. The second-order valence-electron chi connectivity index (χ2n) is 7.43. The zero-order chi connectivity index (χ0) is 19.8. The van der Waals surface area contributed by atoms with Crippen LogP contribution in [0, 0.1) is 19.8 Å². The smallest absolute Gasteiger partial charge is 0.247 e. The van der Waals surface area contributed by atoms with Gasteiger partial charge >= 0.3 is 0 Å². The number of carbonyl (C=O) groups excluding carboxylic acids is 3. The summed E-state index contributed by atoms with van der Waals surface area (Å²) in [5.74, 6) is -0.114. The average molecular weight is 394 g/mol. The zero-order valence-corrected chi connectivity index (χ0v) is 16.7. The first-order valence-electron chi connectivity index (χ1n) is 9.44. The van der Waals surface area contributed by atoms with Crippen LogP contribution in [-0.4, -0.2) is 23.0 Å². The van der Waals surface area contributed by atoms with Crippen molar-refractivity contribution in [3.05, 3.63) is 53.6 Å². The maximum atomic E-state index is 12.8. The van der Waals surface area contributed by atoms with Crippen molar-refractivity contribution >= 4 is 40.9 Å². The van der Waals surface area contributed by atoms with Gasteiger partial charge in [0.25, 0.3) is 0 Å². The van der Waals surface area contributed by atoms with Crippen molar-refractivity contribution in [1.82, 2.24) is 0 Å². The van der Waals surface area contributed by atoms with E-state index in [1.807, 2.05) is 56.3 Å². The predicted molar refractivity (Wildman–Crippen MR) is 110 cm³/mol. The topological polar surface area (TPSA) is 66.5 Å². The summed E-state index contributed by atoms with van der Waals surface area (Å²) < 4.78 is 0. The fourth-order valence-electron chi connectivity index (χ4n) is 3.20. The molecule has 28 heavy (non-hydrogen) atoms. The van der Waals surface area contributed by atoms with E-state index in [1.165, 1.54) is 16.7 Å². The Morgan fingerprint density at radius 3 is 2.39 bits per heavy atom. The molecule has 0 spiro atoms. The molecule has 2 fully saturated rings. The minimum Gasteiger partial charge on any atom is -0.326 e. The number of thioether (sulfide) groups is 1. The molecule has 6 heteroatoms. The molecule has 4 rings (SSSR count). The van der Waals surface area contributed by atoms with E-state index < -0.39 is 5.25 Å². The lowest BCUT2D eigenvalue weighted by Gasteiger charge is -2.16. The van der Waals surface area contributed by atoms with Gasteiger partial charge in [-0.15, -0.1) is 11.8 Å². The van der Waals surface area contributed by atoms with Crippen molar-refractivity contribution in [2.45, 2.75) is 43.3 Å². The van der Waals surface area contributed by atoms with E-state index >= 15 is 0 Å². The Hall–Kier alpha value is -2.60. The number of imide groups is 1. The summed E-state index contributed by atoms with van der Waals surface area (Å²) in [6, 6.07) is 13.1. The van der Waals surface area contributed by atoms with Gasteiger partial charge in [0.05, 0.1) is 10.9 Å². The Bertz CT molecular complexity index is 951. The number of hydrogen-bond donors (Lipinski definition) is 1. The van der Waals surface area contributed by atoms with Crippen LogP contribution in [0.5, 0.6) is 0 Å². The number of rotatable bonds is 5. The molecule has 1 aliphatic heterocycles. The molecule has 144 valence electrons. The number of amides is 3. The second-order valence-corrected chi connectivity index (χ2v) is 8.71. The van der Waals surface area contributed by atoms with Crippen LogP contribution in [0.2, 0.25) is 0 Å². The van der Waals surface area contributed by atoms with Gasteiger partial charge in [0, 0.05) is 22.9 Å². The monoisotopic (exact) mass is 394 g/mol. The first-order valence-corrected chi connectivity index (χ1v) is 10.3. The molecule has 2 aromatic carbocycles. The van der Waals surface area contributed by atoms with Crippen molar-refractivity contribution in [3.63, 3.8) is 0 Å². The Morgan fingerprint density at radius 2 is 1.75 bits per heavy atom. The van der Waals surface area contributed by atoms with Crippen LogP contribution in [0.25, 0.3) is 0 Å². The third kappa shape index (κ3) is 3.83. The molecule has 0 bridgehead atoms. The lowest BCUT2D eigenvalue weighted by atomic mass is 10.1. The summed E-state index contributed by atoms with van der Waals surface area (Å²) in [7, 11) is 0. The molecule has 1 atom stereocenters. The number of aryl methyl sites for hydroxylation is 2. The maximum absolute atomic E-state index is 12.8. The summed E-state index contributed by atoms with van der Waals surface area (Å²) in [5, 5.41) is 2.47. The van der Waals surface area contributed by atoms with Crippen molar-refractivity contribution < 1.29 is 14.4 Å². The van der Waals surface area contributed by atoms with Gasteiger partial charge in [0.2, 0.25) is 17.7 Å². The van der Waals surface area contributed by atoms with Crippen molar-refractivity contribution in [2.75, 3.05) is 10.2 Å². The number of benzene rings is 2. The molecular formula is C22H22N2O3S. The van der Waals surface area contributed by atoms with Crippen molar-refractivity contribution in [2.24, 2.45) is 5.92 Å². The van der Waals surface area contributed by atoms with E-state index in [4.69, 9.17) is 0 Å². The van der Waals surface area contributed by atoms with Crippen LogP contribution in [0.4, 0.5) is 11.4 Å². The fraction of sp³-hybridized carbons (Fsp3) is 0.318. The number of nitrogens with one attached hydrogen (secondary N) is 1. The van der Waals surface area contributed by atoms with E-state index in [0.29, 0.717) is 5.69 Å². The highest BCUT2D eigenvalue weighted by Gasteiger charge is 2.40. The van der Waals surface area contributed by atoms with Crippen LogP contribution in [0.1, 0.15) is 30.4 Å². The van der Waals surface area contributed by atoms with Gasteiger partial charge in [-0.1, -0.05) is 6.07 Å². The third-order valence-electron chi connectivity index (χ3n) is 5.20. The van der Waals surface area contributed by atoms with Gasteiger partial charge in [-0.3, -0.25) is 14.4 Å². The van der Waals surface area contributed by atoms with E-state index in [0.717, 1.165) is 34.6 Å². The molecule has 0 unspecified atom stereocenters. The lowest BCUT2D eigenvalue weighted by Crippen LogP contribution is -2.31. The van der Waals surface area contributed by atoms with Gasteiger partial charge < -0.3 is 5.32 Å². The summed E-state index contributed by atoms with van der Waals surface area (Å²) >= 11 is 1.39. The minimum atomic E-state index is -0.430. The van der Waals surface area contributed by atoms with Gasteiger partial charge in [0.1, 0.15) is 0 Å². The number of anilines is 2. The van der Waals surface area contributed by atoms with E-state index in [1.54, 1.807) is 0 Å². The largest absolute Gasteiger partial charge is 0.326 e. The summed E-state index contributed by atoms with van der Waals surface area (Å²) in [6.07, 6.45) is 2.12. The molecule has 1 heterocycles. The molecule has 1 saturated carbocycles. The van der Waals surface area contributed by atoms with Gasteiger partial charge in [-0.25, -0.2) is 4.90 Å². The zero-order valence-electron chi connectivity index (χ0n) is 15.9. The first kappa shape index (κ1) is 18.7. The molecule has 5 nitrogen and oxygen atoms in total. The van der Waals surface area contributed by atoms with Crippen LogP contribution in [0.3, 0.4) is 0 Å². The van der Waals surface area contributed by atoms with E-state index in [-0.39, 0.29) is 30.1 Å². The molecule has 0 radical (unpaired) electrons. The summed E-state index contributed by atoms with van der Waals surface area (Å²) in [6.45, 7) is 3.97. The molecule has 1 aliphatic carbocycles. The van der Waals surface area contributed by atoms with E-state index in [9.17, 15) is 14.4 Å². The van der Waals surface area contributed by atoms with Crippen LogP contribution < -0.4 is 10.2 Å². The normalized spacial score (nSPS) is 19.2. The summed E-state index contributed by atoms with van der Waals surface area (Å²) in [4.78, 5) is 39.3. The summed E-state index contributed by atoms with van der Waals surface area (Å²) in [5.41, 5.74) is 3.58. The van der Waals surface area contributed by atoms with Gasteiger partial charge in [-0.2, -0.15) is 0 Å². The Morgan fingerprint density at radius 1 is 1.04 bits per heavy atom. The Labute approximate surface area is 168 Å². The van der Waals surface area contributed by atoms with Crippen molar-refractivity contribution in [1.29, 1.82) is 0 Å². The molecular weight excluding hydrogens is 372 g/mol. The number of nitrogens with zero attached hydrogens (tertiary/aromatic N) is 1. The minimum absolute atomic E-state index is 0.0704. The molecule has 1 N–H and O–H groups in total. The fourth-order valence-corrected chi connectivity index (χ4v) is 4.26. The molecule has 2 aliphatic rings. The Balaban J connectivity index is 1.43. The highest BCUT2D eigenvalue weighted by atomic mass is 32.2. The Kier molecular flexibility index (Phi) is 4.98. The van der Waals surface area contributed by atoms with Crippen LogP contribution in [-0.2, 0) is 14.4 Å². The lowest BCUT2D eigenvalue weighted by molar-refractivity contribution is -0.121. The predicted octanol–water partition coefficient (Wildman–Crippen LogP) is 4.08. The van der Waals surface area contributed by atoms with Crippen molar-refractivity contribution in [3.8, 4) is 0 Å². The van der Waals surface area contributed by atoms with Crippen LogP contribution >= 0.6 is 11.8 Å². The highest BCUT2D eigenvalue weighted by Crippen LogP contribution is 2.35.